The van der Waals surface area contributed by atoms with E-state index < -0.39 is 0 Å². The number of fused-ring (bicyclic) bond motifs is 1. The molecule has 0 amide bonds. The van der Waals surface area contributed by atoms with Gasteiger partial charge in [-0.2, -0.15) is 5.10 Å². The Kier molecular flexibility index (Phi) is 3.22. The topological polar surface area (TPSA) is 46.8 Å². The zero-order valence-corrected chi connectivity index (χ0v) is 13.0. The minimum Gasteiger partial charge on any atom is -0.349 e. The smallest absolute Gasteiger partial charge is 0.163 e. The van der Waals surface area contributed by atoms with Crippen LogP contribution in [0.15, 0.2) is 36.8 Å². The summed E-state index contributed by atoms with van der Waals surface area (Å²) in [4.78, 5) is 11.2. The largest absolute Gasteiger partial charge is 0.349 e. The molecule has 1 fully saturated rings. The van der Waals surface area contributed by atoms with E-state index in [1.54, 1.807) is 11.0 Å². The Balaban J connectivity index is 1.78. The van der Waals surface area contributed by atoms with Crippen LogP contribution in [0.5, 0.6) is 0 Å². The second kappa shape index (κ2) is 5.25. The van der Waals surface area contributed by atoms with E-state index in [0.717, 1.165) is 41.3 Å². The fourth-order valence-corrected chi connectivity index (χ4v) is 3.36. The molecule has 0 N–H and O–H groups in total. The van der Waals surface area contributed by atoms with E-state index in [0.29, 0.717) is 6.04 Å². The highest BCUT2D eigenvalue weighted by molar-refractivity contribution is 6.30. The molecule has 3 aromatic rings. The minimum absolute atomic E-state index is 0.329. The van der Waals surface area contributed by atoms with Crippen molar-refractivity contribution in [1.29, 1.82) is 0 Å². The van der Waals surface area contributed by atoms with Crippen molar-refractivity contribution in [2.24, 2.45) is 7.05 Å². The van der Waals surface area contributed by atoms with Crippen LogP contribution in [-0.4, -0.2) is 26.3 Å². The van der Waals surface area contributed by atoms with Gasteiger partial charge in [0.05, 0.1) is 17.6 Å². The van der Waals surface area contributed by atoms with Crippen molar-refractivity contribution < 1.29 is 0 Å². The Morgan fingerprint density at radius 1 is 1.18 bits per heavy atom. The third-order valence-electron chi connectivity index (χ3n) is 4.29. The average Bonchev–Trinajstić information content (AvgIpc) is 3.15. The summed E-state index contributed by atoms with van der Waals surface area (Å²) in [5.74, 6) is 0.968. The number of nitrogens with zero attached hydrogens (tertiary/aromatic N) is 5. The van der Waals surface area contributed by atoms with Gasteiger partial charge in [-0.15, -0.1) is 0 Å². The molecule has 1 saturated heterocycles. The monoisotopic (exact) mass is 313 g/mol. The standard InChI is InChI=1S/C16H16ClN5/c1-21-15-13(9-20-21)16(19-10-18-15)22-8-2-3-14(22)11-4-6-12(17)7-5-11/h4-7,9-10,14H,2-3,8H2,1H3. The van der Waals surface area contributed by atoms with Gasteiger partial charge in [-0.05, 0) is 30.5 Å². The van der Waals surface area contributed by atoms with Gasteiger partial charge in [0.15, 0.2) is 5.65 Å². The molecule has 1 aliphatic rings. The van der Waals surface area contributed by atoms with Crippen LogP contribution in [-0.2, 0) is 7.05 Å². The number of hydrogen-bond donors (Lipinski definition) is 0. The molecule has 0 spiro atoms. The van der Waals surface area contributed by atoms with Crippen LogP contribution in [0.2, 0.25) is 5.02 Å². The molecule has 2 aromatic heterocycles. The number of benzene rings is 1. The number of halogens is 1. The first-order valence-corrected chi connectivity index (χ1v) is 7.76. The van der Waals surface area contributed by atoms with Crippen molar-refractivity contribution >= 4 is 28.5 Å². The molecule has 0 aliphatic carbocycles. The van der Waals surface area contributed by atoms with Crippen LogP contribution in [0.1, 0.15) is 24.4 Å². The van der Waals surface area contributed by atoms with Crippen LogP contribution in [0.4, 0.5) is 5.82 Å². The lowest BCUT2D eigenvalue weighted by molar-refractivity contribution is 0.713. The fraction of sp³-hybridized carbons (Fsp3) is 0.312. The van der Waals surface area contributed by atoms with Gasteiger partial charge in [-0.1, -0.05) is 23.7 Å². The lowest BCUT2D eigenvalue weighted by atomic mass is 10.0. The highest BCUT2D eigenvalue weighted by Gasteiger charge is 2.28. The number of aryl methyl sites for hydroxylation is 1. The summed E-state index contributed by atoms with van der Waals surface area (Å²) in [5.41, 5.74) is 2.14. The second-order valence-corrected chi connectivity index (χ2v) is 6.04. The van der Waals surface area contributed by atoms with Crippen LogP contribution in [0, 0.1) is 0 Å². The molecule has 1 atom stereocenters. The summed E-state index contributed by atoms with van der Waals surface area (Å²) < 4.78 is 1.79. The van der Waals surface area contributed by atoms with E-state index in [9.17, 15) is 0 Å². The highest BCUT2D eigenvalue weighted by atomic mass is 35.5. The fourth-order valence-electron chi connectivity index (χ4n) is 3.23. The first-order valence-electron chi connectivity index (χ1n) is 7.39. The van der Waals surface area contributed by atoms with Crippen LogP contribution < -0.4 is 4.90 Å². The van der Waals surface area contributed by atoms with E-state index in [1.807, 2.05) is 25.4 Å². The zero-order chi connectivity index (χ0) is 15.1. The van der Waals surface area contributed by atoms with Crippen LogP contribution in [0.3, 0.4) is 0 Å². The maximum atomic E-state index is 6.01. The summed E-state index contributed by atoms with van der Waals surface area (Å²) in [6.07, 6.45) is 5.74. The zero-order valence-electron chi connectivity index (χ0n) is 12.3. The number of rotatable bonds is 2. The lowest BCUT2D eigenvalue weighted by Crippen LogP contribution is -2.23. The first kappa shape index (κ1) is 13.5. The molecule has 0 radical (unpaired) electrons. The van der Waals surface area contributed by atoms with E-state index in [-0.39, 0.29) is 0 Å². The summed E-state index contributed by atoms with van der Waals surface area (Å²) in [6, 6.07) is 8.44. The van der Waals surface area contributed by atoms with Gasteiger partial charge in [0.1, 0.15) is 12.1 Å². The molecule has 112 valence electrons. The molecule has 1 unspecified atom stereocenters. The number of anilines is 1. The van der Waals surface area contributed by atoms with Gasteiger partial charge < -0.3 is 4.90 Å². The summed E-state index contributed by atoms with van der Waals surface area (Å²) in [5, 5.41) is 6.08. The lowest BCUT2D eigenvalue weighted by Gasteiger charge is -2.26. The molecule has 5 nitrogen and oxygen atoms in total. The highest BCUT2D eigenvalue weighted by Crippen LogP contribution is 2.37. The van der Waals surface area contributed by atoms with Crippen LogP contribution in [0.25, 0.3) is 11.0 Å². The molecule has 3 heterocycles. The Hall–Kier alpha value is -2.14. The Morgan fingerprint density at radius 3 is 2.82 bits per heavy atom. The average molecular weight is 314 g/mol. The molecule has 0 saturated carbocycles. The normalized spacial score (nSPS) is 18.3. The summed E-state index contributed by atoms with van der Waals surface area (Å²) in [7, 11) is 1.90. The van der Waals surface area contributed by atoms with E-state index in [2.05, 4.69) is 32.1 Å². The Bertz CT molecular complexity index is 811. The van der Waals surface area contributed by atoms with Crippen molar-refractivity contribution in [2.75, 3.05) is 11.4 Å². The minimum atomic E-state index is 0.329. The van der Waals surface area contributed by atoms with Crippen molar-refractivity contribution in [3.05, 3.63) is 47.4 Å². The SMILES string of the molecule is Cn1ncc2c(N3CCCC3c3ccc(Cl)cc3)ncnc21. The molecule has 0 bridgehead atoms. The predicted molar refractivity (Wildman–Crippen MR) is 87.1 cm³/mol. The quantitative estimate of drug-likeness (QED) is 0.728. The molecule has 1 aromatic carbocycles. The number of aromatic nitrogens is 4. The third kappa shape index (κ3) is 2.13. The van der Waals surface area contributed by atoms with Gasteiger partial charge >= 0.3 is 0 Å². The maximum Gasteiger partial charge on any atom is 0.163 e. The van der Waals surface area contributed by atoms with Crippen molar-refractivity contribution in [3.63, 3.8) is 0 Å². The van der Waals surface area contributed by atoms with Gasteiger partial charge in [0.25, 0.3) is 0 Å². The van der Waals surface area contributed by atoms with Crippen molar-refractivity contribution in [1.82, 2.24) is 19.7 Å². The molecular formula is C16H16ClN5. The summed E-state index contributed by atoms with van der Waals surface area (Å²) >= 11 is 6.01. The van der Waals surface area contributed by atoms with Gasteiger partial charge in [0, 0.05) is 18.6 Å². The molecule has 6 heteroatoms. The van der Waals surface area contributed by atoms with Gasteiger partial charge in [-0.3, -0.25) is 4.68 Å². The number of hydrogen-bond acceptors (Lipinski definition) is 4. The summed E-state index contributed by atoms with van der Waals surface area (Å²) in [6.45, 7) is 0.994. The third-order valence-corrected chi connectivity index (χ3v) is 4.54. The van der Waals surface area contributed by atoms with Gasteiger partial charge in [-0.25, -0.2) is 9.97 Å². The Morgan fingerprint density at radius 2 is 2.00 bits per heavy atom. The molecule has 1 aliphatic heterocycles. The molecular weight excluding hydrogens is 298 g/mol. The van der Waals surface area contributed by atoms with E-state index >= 15 is 0 Å². The Labute approximate surface area is 133 Å². The van der Waals surface area contributed by atoms with Crippen molar-refractivity contribution in [3.8, 4) is 0 Å². The first-order chi connectivity index (χ1) is 10.7. The second-order valence-electron chi connectivity index (χ2n) is 5.61. The van der Waals surface area contributed by atoms with E-state index in [4.69, 9.17) is 11.6 Å². The molecule has 22 heavy (non-hydrogen) atoms. The maximum absolute atomic E-state index is 6.01. The van der Waals surface area contributed by atoms with E-state index in [1.165, 1.54) is 5.56 Å². The molecule has 4 rings (SSSR count). The van der Waals surface area contributed by atoms with Crippen LogP contribution >= 0.6 is 11.6 Å². The van der Waals surface area contributed by atoms with Crippen molar-refractivity contribution in [2.45, 2.75) is 18.9 Å². The van der Waals surface area contributed by atoms with Gasteiger partial charge in [0.2, 0.25) is 0 Å². The predicted octanol–water partition coefficient (Wildman–Crippen LogP) is 3.36.